The zero-order chi connectivity index (χ0) is 6.41. The normalized spacial score (nSPS) is 12.4. The highest BCUT2D eigenvalue weighted by Crippen LogP contribution is 1.82. The van der Waals surface area contributed by atoms with E-state index in [1.54, 1.807) is 18.5 Å². The van der Waals surface area contributed by atoms with Gasteiger partial charge in [-0.2, -0.15) is 0 Å². The van der Waals surface area contributed by atoms with Gasteiger partial charge in [0.25, 0.3) is 0 Å². The number of rotatable bonds is 2. The fraction of sp³-hybridized carbons (Fsp3) is 0.167. The third kappa shape index (κ3) is 3.15. The van der Waals surface area contributed by atoms with Crippen LogP contribution in [0.25, 0.3) is 0 Å². The minimum Gasteiger partial charge on any atom is -0.398 e. The second kappa shape index (κ2) is 4.12. The fourth-order valence-corrected chi connectivity index (χ4v) is 0.213. The molecule has 0 fully saturated rings. The molecule has 2 N–H and O–H groups in total. The van der Waals surface area contributed by atoms with Gasteiger partial charge >= 0.3 is 0 Å². The van der Waals surface area contributed by atoms with Crippen LogP contribution in [0.4, 0.5) is 0 Å². The zero-order valence-electron chi connectivity index (χ0n) is 4.96. The van der Waals surface area contributed by atoms with E-state index in [1.807, 2.05) is 6.92 Å². The molecule has 0 radical (unpaired) electrons. The highest BCUT2D eigenvalue weighted by Gasteiger charge is 1.71. The molecule has 2 heteroatoms. The van der Waals surface area contributed by atoms with Crippen LogP contribution in [0.1, 0.15) is 6.92 Å². The van der Waals surface area contributed by atoms with Crippen LogP contribution in [0.3, 0.4) is 0 Å². The first-order chi connectivity index (χ1) is 3.81. The van der Waals surface area contributed by atoms with Gasteiger partial charge in [0.15, 0.2) is 0 Å². The molecule has 0 amide bonds. The summed E-state index contributed by atoms with van der Waals surface area (Å²) in [6, 6.07) is 0. The van der Waals surface area contributed by atoms with Crippen LogP contribution in [0.5, 0.6) is 0 Å². The van der Waals surface area contributed by atoms with Crippen molar-refractivity contribution in [3.63, 3.8) is 0 Å². The predicted octanol–water partition coefficient (Wildman–Crippen LogP) is 1.06. The topological polar surface area (TPSA) is 38.4 Å². The molecule has 0 atom stereocenters. The van der Waals surface area contributed by atoms with Gasteiger partial charge in [-0.25, -0.2) is 0 Å². The maximum absolute atomic E-state index is 5.29. The van der Waals surface area contributed by atoms with E-state index in [-0.39, 0.29) is 0 Å². The number of aliphatic imine (C=N–C) groups is 1. The number of nitrogens with two attached hydrogens (primary N) is 1. The van der Waals surface area contributed by atoms with Crippen LogP contribution < -0.4 is 5.73 Å². The smallest absolute Gasteiger partial charge is 0.0493 e. The lowest BCUT2D eigenvalue weighted by Gasteiger charge is -1.82. The van der Waals surface area contributed by atoms with E-state index in [0.29, 0.717) is 5.70 Å². The zero-order valence-corrected chi connectivity index (χ0v) is 4.96. The largest absolute Gasteiger partial charge is 0.398 e. The summed E-state index contributed by atoms with van der Waals surface area (Å²) < 4.78 is 0. The Morgan fingerprint density at radius 2 is 2.38 bits per heavy atom. The number of hydrogen-bond donors (Lipinski definition) is 1. The van der Waals surface area contributed by atoms with Crippen LogP contribution in [0.2, 0.25) is 0 Å². The molecule has 0 bridgehead atoms. The maximum atomic E-state index is 5.29. The maximum Gasteiger partial charge on any atom is 0.0493 e. The van der Waals surface area contributed by atoms with Gasteiger partial charge in [-0.3, -0.25) is 4.99 Å². The van der Waals surface area contributed by atoms with Crippen LogP contribution in [0.15, 0.2) is 29.5 Å². The van der Waals surface area contributed by atoms with Crippen molar-refractivity contribution in [3.8, 4) is 0 Å². The highest BCUT2D eigenvalue weighted by atomic mass is 14.7. The average Bonchev–Trinajstić information content (AvgIpc) is 1.83. The van der Waals surface area contributed by atoms with Crippen LogP contribution >= 0.6 is 0 Å². The molecule has 0 aromatic rings. The molecule has 0 aliphatic rings. The van der Waals surface area contributed by atoms with E-state index in [0.717, 1.165) is 0 Å². The van der Waals surface area contributed by atoms with Gasteiger partial charge in [0, 0.05) is 18.1 Å². The monoisotopic (exact) mass is 110 g/mol. The van der Waals surface area contributed by atoms with Crippen molar-refractivity contribution in [2.24, 2.45) is 10.7 Å². The van der Waals surface area contributed by atoms with Crippen molar-refractivity contribution < 1.29 is 0 Å². The van der Waals surface area contributed by atoms with E-state index < -0.39 is 0 Å². The van der Waals surface area contributed by atoms with Gasteiger partial charge in [-0.1, -0.05) is 6.58 Å². The summed E-state index contributed by atoms with van der Waals surface area (Å²) in [5.74, 6) is 0. The third-order valence-electron chi connectivity index (χ3n) is 0.608. The van der Waals surface area contributed by atoms with E-state index >= 15 is 0 Å². The quantitative estimate of drug-likeness (QED) is 0.419. The summed E-state index contributed by atoms with van der Waals surface area (Å²) in [5, 5.41) is 0. The van der Waals surface area contributed by atoms with Gasteiger partial charge in [0.2, 0.25) is 0 Å². The molecule has 44 valence electrons. The van der Waals surface area contributed by atoms with Gasteiger partial charge in [-0.15, -0.1) is 0 Å². The first-order valence-electron chi connectivity index (χ1n) is 2.37. The molecule has 0 saturated carbocycles. The van der Waals surface area contributed by atoms with Crippen molar-refractivity contribution in [2.75, 3.05) is 0 Å². The van der Waals surface area contributed by atoms with Crippen molar-refractivity contribution in [2.45, 2.75) is 6.92 Å². The molecular formula is C6H10N2. The Morgan fingerprint density at radius 3 is 2.75 bits per heavy atom. The van der Waals surface area contributed by atoms with Gasteiger partial charge in [0.1, 0.15) is 0 Å². The predicted molar refractivity (Wildman–Crippen MR) is 36.6 cm³/mol. The van der Waals surface area contributed by atoms with E-state index in [2.05, 4.69) is 11.6 Å². The lowest BCUT2D eigenvalue weighted by atomic mass is 10.5. The average molecular weight is 110 g/mol. The summed E-state index contributed by atoms with van der Waals surface area (Å²) in [4.78, 5) is 3.76. The van der Waals surface area contributed by atoms with Crippen LogP contribution in [0, 0.1) is 0 Å². The minimum absolute atomic E-state index is 0.586. The Kier molecular flexibility index (Phi) is 3.58. The number of allylic oxidation sites excluding steroid dienone is 1. The van der Waals surface area contributed by atoms with E-state index in [1.165, 1.54) is 0 Å². The van der Waals surface area contributed by atoms with Crippen molar-refractivity contribution >= 4 is 6.21 Å². The van der Waals surface area contributed by atoms with Crippen LogP contribution in [-0.2, 0) is 0 Å². The minimum atomic E-state index is 0.586. The first-order valence-corrected chi connectivity index (χ1v) is 2.37. The standard InChI is InChI=1S/C6H10N2/c1-3-6(7)5-8-4-2/h3-5H,1,7H2,2H3/b6-5+,8-4?. The first kappa shape index (κ1) is 6.95. The Balaban J connectivity index is 3.74. The Labute approximate surface area is 49.4 Å². The molecule has 0 aliphatic heterocycles. The highest BCUT2D eigenvalue weighted by molar-refractivity contribution is 5.54. The molecule has 0 spiro atoms. The second-order valence-corrected chi connectivity index (χ2v) is 1.24. The Bertz CT molecular complexity index is 122. The number of nitrogens with zero attached hydrogens (tertiary/aromatic N) is 1. The molecule has 0 saturated heterocycles. The summed E-state index contributed by atoms with van der Waals surface area (Å²) >= 11 is 0. The Hall–Kier alpha value is -1.05. The molecule has 0 heterocycles. The van der Waals surface area contributed by atoms with E-state index in [9.17, 15) is 0 Å². The molecule has 0 aliphatic carbocycles. The summed E-state index contributed by atoms with van der Waals surface area (Å²) in [6.45, 7) is 5.27. The third-order valence-corrected chi connectivity index (χ3v) is 0.608. The summed E-state index contributed by atoms with van der Waals surface area (Å²) in [5.41, 5.74) is 5.87. The molecule has 0 rings (SSSR count). The van der Waals surface area contributed by atoms with Crippen molar-refractivity contribution in [3.05, 3.63) is 24.6 Å². The van der Waals surface area contributed by atoms with Gasteiger partial charge in [0.05, 0.1) is 0 Å². The SMILES string of the molecule is C=C/C(N)=C\N=CC. The van der Waals surface area contributed by atoms with Gasteiger partial charge in [-0.05, 0) is 13.0 Å². The molecule has 2 nitrogen and oxygen atoms in total. The molecule has 8 heavy (non-hydrogen) atoms. The lowest BCUT2D eigenvalue weighted by Crippen LogP contribution is -1.89. The second-order valence-electron chi connectivity index (χ2n) is 1.24. The van der Waals surface area contributed by atoms with Crippen LogP contribution in [-0.4, -0.2) is 6.21 Å². The fourth-order valence-electron chi connectivity index (χ4n) is 0.213. The molecule has 0 aromatic heterocycles. The number of hydrogen-bond acceptors (Lipinski definition) is 2. The van der Waals surface area contributed by atoms with Crippen molar-refractivity contribution in [1.29, 1.82) is 0 Å². The molecule has 0 aromatic carbocycles. The summed E-state index contributed by atoms with van der Waals surface area (Å²) in [7, 11) is 0. The van der Waals surface area contributed by atoms with Crippen molar-refractivity contribution in [1.82, 2.24) is 0 Å². The molecular weight excluding hydrogens is 100 g/mol. The van der Waals surface area contributed by atoms with Gasteiger partial charge < -0.3 is 5.73 Å². The molecule has 0 unspecified atom stereocenters. The lowest BCUT2D eigenvalue weighted by molar-refractivity contribution is 1.37. The Morgan fingerprint density at radius 1 is 1.75 bits per heavy atom. The van der Waals surface area contributed by atoms with E-state index in [4.69, 9.17) is 5.73 Å². The summed E-state index contributed by atoms with van der Waals surface area (Å²) in [6.07, 6.45) is 4.76.